The molecule has 2 aromatic rings. The van der Waals surface area contributed by atoms with Crippen LogP contribution < -0.4 is 4.74 Å². The number of aliphatic hydroxyl groups is 4. The van der Waals surface area contributed by atoms with E-state index < -0.39 is 43.7 Å². The number of benzene rings is 1. The first-order chi connectivity index (χ1) is 16.1. The first-order valence-corrected chi connectivity index (χ1v) is 9.82. The van der Waals surface area contributed by atoms with Gasteiger partial charge in [-0.25, -0.2) is 4.68 Å². The van der Waals surface area contributed by atoms with Crippen LogP contribution in [0.5, 0.6) is 5.75 Å². The molecule has 0 spiro atoms. The molecule has 0 unspecified atom stereocenters. The number of methoxy groups -OCH3 is 1. The van der Waals surface area contributed by atoms with Crippen LogP contribution in [0.3, 0.4) is 0 Å². The zero-order valence-corrected chi connectivity index (χ0v) is 16.5. The average Bonchev–Trinajstić information content (AvgIpc) is 3.51. The number of ether oxygens (including phenoxy) is 2. The quantitative estimate of drug-likeness (QED) is 0.504. The topological polar surface area (TPSA) is 117 Å². The van der Waals surface area contributed by atoms with Crippen molar-refractivity contribution < 1.29 is 34.0 Å². The Balaban J connectivity index is 1.55. The summed E-state index contributed by atoms with van der Waals surface area (Å²) in [5.41, 5.74) is -1.04. The third kappa shape index (κ3) is 4.45. The highest BCUT2D eigenvalue weighted by molar-refractivity contribution is 5.41. The highest BCUT2D eigenvalue weighted by atomic mass is 16.5. The number of rotatable bonds is 3. The summed E-state index contributed by atoms with van der Waals surface area (Å²) in [6, 6.07) is 6.27. The van der Waals surface area contributed by atoms with Gasteiger partial charge in [0.25, 0.3) is 0 Å². The van der Waals surface area contributed by atoms with Gasteiger partial charge in [0.1, 0.15) is 24.1 Å². The fourth-order valence-corrected chi connectivity index (χ4v) is 3.20. The lowest BCUT2D eigenvalue weighted by molar-refractivity contribution is -0.239. The molecule has 8 nitrogen and oxygen atoms in total. The standard InChI is InChI=1S/C23H24N2O6/c1-30-18-7-5-17(6-8-18)25-13-16(12-24-25)4-9-20-23(29,11-10-15-2-3-15)22(28)21(27)19(14-26)31-20/h5-8,12-13,15,19-22,26-29H,2-3,14H2,1H3/t19-,20-,21-,22+,23-/m1/s1/i1D3. The molecule has 1 aromatic carbocycles. The summed E-state index contributed by atoms with van der Waals surface area (Å²) in [7, 11) is -2.54. The summed E-state index contributed by atoms with van der Waals surface area (Å²) in [6.45, 7) is -0.568. The van der Waals surface area contributed by atoms with Crippen LogP contribution >= 0.6 is 0 Å². The van der Waals surface area contributed by atoms with Gasteiger partial charge in [0.15, 0.2) is 11.7 Å². The fraction of sp³-hybridized carbons (Fsp3) is 0.435. The molecular weight excluding hydrogens is 400 g/mol. The van der Waals surface area contributed by atoms with Gasteiger partial charge in [-0.1, -0.05) is 23.7 Å². The van der Waals surface area contributed by atoms with Crippen LogP contribution in [-0.2, 0) is 4.74 Å². The highest BCUT2D eigenvalue weighted by Gasteiger charge is 2.53. The highest BCUT2D eigenvalue weighted by Crippen LogP contribution is 2.32. The molecule has 1 aliphatic heterocycles. The van der Waals surface area contributed by atoms with Gasteiger partial charge >= 0.3 is 0 Å². The van der Waals surface area contributed by atoms with Gasteiger partial charge in [0.2, 0.25) is 0 Å². The molecule has 1 saturated heterocycles. The van der Waals surface area contributed by atoms with Gasteiger partial charge in [0.05, 0.1) is 35.2 Å². The molecule has 8 heteroatoms. The maximum absolute atomic E-state index is 11.1. The largest absolute Gasteiger partial charge is 0.497 e. The third-order valence-electron chi connectivity index (χ3n) is 5.25. The molecule has 2 heterocycles. The zero-order chi connectivity index (χ0) is 24.5. The monoisotopic (exact) mass is 427 g/mol. The number of nitrogens with zero attached hydrogens (tertiary/aromatic N) is 2. The number of aliphatic hydroxyl groups excluding tert-OH is 3. The molecule has 4 rings (SSSR count). The Kier molecular flexibility index (Phi) is 5.00. The molecule has 0 radical (unpaired) electrons. The van der Waals surface area contributed by atoms with E-state index in [1.165, 1.54) is 23.0 Å². The Labute approximate surface area is 184 Å². The van der Waals surface area contributed by atoms with Crippen LogP contribution in [0.25, 0.3) is 5.69 Å². The Morgan fingerprint density at radius 2 is 2.06 bits per heavy atom. The van der Waals surface area contributed by atoms with Crippen LogP contribution in [0.1, 0.15) is 22.5 Å². The van der Waals surface area contributed by atoms with Crippen molar-refractivity contribution in [1.82, 2.24) is 9.78 Å². The molecule has 1 aliphatic carbocycles. The van der Waals surface area contributed by atoms with Crippen LogP contribution in [0.15, 0.2) is 36.7 Å². The van der Waals surface area contributed by atoms with E-state index in [0.717, 1.165) is 12.8 Å². The molecule has 2 fully saturated rings. The van der Waals surface area contributed by atoms with Crippen LogP contribution in [0.4, 0.5) is 0 Å². The Morgan fingerprint density at radius 3 is 2.74 bits per heavy atom. The molecule has 2 aliphatic rings. The van der Waals surface area contributed by atoms with Crippen molar-refractivity contribution in [3.63, 3.8) is 0 Å². The van der Waals surface area contributed by atoms with Crippen molar-refractivity contribution in [2.24, 2.45) is 5.92 Å². The molecule has 0 amide bonds. The zero-order valence-electron chi connectivity index (χ0n) is 19.5. The van der Waals surface area contributed by atoms with Crippen molar-refractivity contribution in [1.29, 1.82) is 0 Å². The van der Waals surface area contributed by atoms with E-state index in [2.05, 4.69) is 28.8 Å². The summed E-state index contributed by atoms with van der Waals surface area (Å²) in [5, 5.41) is 45.5. The Morgan fingerprint density at radius 1 is 1.29 bits per heavy atom. The van der Waals surface area contributed by atoms with Crippen molar-refractivity contribution in [2.45, 2.75) is 42.9 Å². The Bertz CT molecular complexity index is 1140. The number of hydrogen-bond acceptors (Lipinski definition) is 7. The molecule has 4 N–H and O–H groups in total. The minimum atomic E-state index is -2.54. The molecule has 162 valence electrons. The second-order valence-electron chi connectivity index (χ2n) is 7.58. The van der Waals surface area contributed by atoms with E-state index in [4.69, 9.17) is 13.6 Å². The third-order valence-corrected chi connectivity index (χ3v) is 5.25. The van der Waals surface area contributed by atoms with Crippen LogP contribution in [0.2, 0.25) is 0 Å². The van der Waals surface area contributed by atoms with Crippen molar-refractivity contribution in [2.75, 3.05) is 13.6 Å². The van der Waals surface area contributed by atoms with Crippen molar-refractivity contribution in [3.05, 3.63) is 42.2 Å². The van der Waals surface area contributed by atoms with E-state index in [1.54, 1.807) is 18.3 Å². The molecular formula is C23H24N2O6. The summed E-state index contributed by atoms with van der Waals surface area (Å²) in [5.74, 6) is 11.4. The van der Waals surface area contributed by atoms with Gasteiger partial charge in [-0.15, -0.1) is 0 Å². The van der Waals surface area contributed by atoms with Crippen LogP contribution in [0, 0.1) is 29.6 Å². The summed E-state index contributed by atoms with van der Waals surface area (Å²) < 4.78 is 33.4. The summed E-state index contributed by atoms with van der Waals surface area (Å²) >= 11 is 0. The number of aromatic nitrogens is 2. The first-order valence-electron chi connectivity index (χ1n) is 11.3. The SMILES string of the molecule is [2H]C([2H])([2H])Oc1ccc(-n2cc(C#C[C@H]3O[C@H](CO)[C@@H](O)[C@H](O)[C@@]3(O)C#CC3CC3)cn2)cc1. The minimum Gasteiger partial charge on any atom is -0.497 e. The van der Waals surface area contributed by atoms with E-state index in [9.17, 15) is 20.4 Å². The van der Waals surface area contributed by atoms with Crippen LogP contribution in [-0.4, -0.2) is 73.9 Å². The minimum absolute atomic E-state index is 0.132. The van der Waals surface area contributed by atoms with Gasteiger partial charge in [-0.05, 0) is 37.1 Å². The second kappa shape index (κ2) is 8.72. The first kappa shape index (κ1) is 17.8. The lowest BCUT2D eigenvalue weighted by atomic mass is 9.82. The maximum Gasteiger partial charge on any atom is 0.191 e. The predicted octanol–water partition coefficient (Wildman–Crippen LogP) is -0.142. The maximum atomic E-state index is 11.1. The van der Waals surface area contributed by atoms with Gasteiger partial charge < -0.3 is 29.9 Å². The summed E-state index contributed by atoms with van der Waals surface area (Å²) in [4.78, 5) is 0. The van der Waals surface area contributed by atoms with E-state index in [1.807, 2.05) is 0 Å². The van der Waals surface area contributed by atoms with Gasteiger partial charge in [-0.3, -0.25) is 0 Å². The normalized spacial score (nSPS) is 31.8. The molecule has 0 bridgehead atoms. The fourth-order valence-electron chi connectivity index (χ4n) is 3.20. The molecule has 5 atom stereocenters. The van der Waals surface area contributed by atoms with Gasteiger partial charge in [-0.2, -0.15) is 5.10 Å². The van der Waals surface area contributed by atoms with E-state index >= 15 is 0 Å². The predicted molar refractivity (Wildman–Crippen MR) is 110 cm³/mol. The van der Waals surface area contributed by atoms with E-state index in [0.29, 0.717) is 11.3 Å². The van der Waals surface area contributed by atoms with Gasteiger partial charge in [0, 0.05) is 12.1 Å². The lowest BCUT2D eigenvalue weighted by Crippen LogP contribution is -2.65. The molecule has 1 saturated carbocycles. The van der Waals surface area contributed by atoms with Crippen molar-refractivity contribution in [3.8, 4) is 35.1 Å². The second-order valence-corrected chi connectivity index (χ2v) is 7.58. The summed E-state index contributed by atoms with van der Waals surface area (Å²) in [6.07, 6.45) is -0.721. The average molecular weight is 427 g/mol. The number of hydrogen-bond donors (Lipinski definition) is 4. The molecule has 1 aromatic heterocycles. The Hall–Kier alpha value is -2.85. The van der Waals surface area contributed by atoms with Crippen molar-refractivity contribution >= 4 is 0 Å². The smallest absolute Gasteiger partial charge is 0.191 e. The molecule has 31 heavy (non-hydrogen) atoms. The van der Waals surface area contributed by atoms with E-state index in [-0.39, 0.29) is 11.7 Å². The lowest BCUT2D eigenvalue weighted by Gasteiger charge is -2.43.